The van der Waals surface area contributed by atoms with Crippen molar-refractivity contribution < 1.29 is 27.5 Å². The summed E-state index contributed by atoms with van der Waals surface area (Å²) in [6.45, 7) is 5.55. The van der Waals surface area contributed by atoms with E-state index in [2.05, 4.69) is 10.6 Å². The van der Waals surface area contributed by atoms with Gasteiger partial charge in [0, 0.05) is 13.1 Å². The van der Waals surface area contributed by atoms with Gasteiger partial charge in [-0.25, -0.2) is 13.2 Å². The third-order valence-corrected chi connectivity index (χ3v) is 8.64. The Morgan fingerprint density at radius 3 is 2.58 bits per heavy atom. The van der Waals surface area contributed by atoms with Crippen molar-refractivity contribution in [3.63, 3.8) is 0 Å². The number of urea groups is 1. The van der Waals surface area contributed by atoms with Gasteiger partial charge >= 0.3 is 6.03 Å². The Morgan fingerprint density at radius 1 is 1.27 bits per heavy atom. The van der Waals surface area contributed by atoms with Crippen LogP contribution in [0.3, 0.4) is 0 Å². The number of anilines is 1. The molecule has 1 heterocycles. The molecule has 0 bridgehead atoms. The van der Waals surface area contributed by atoms with Gasteiger partial charge in [-0.05, 0) is 37.0 Å². The van der Waals surface area contributed by atoms with Gasteiger partial charge in [-0.15, -0.1) is 0 Å². The summed E-state index contributed by atoms with van der Waals surface area (Å²) in [5.41, 5.74) is -0.811. The van der Waals surface area contributed by atoms with E-state index >= 15 is 0 Å². The number of amides is 4. The van der Waals surface area contributed by atoms with Crippen LogP contribution in [0.5, 0.6) is 5.75 Å². The fraction of sp³-hybridized carbons (Fsp3) is 0.591. The van der Waals surface area contributed by atoms with Crippen LogP contribution in [0.25, 0.3) is 0 Å². The molecule has 182 valence electrons. The molecule has 2 unspecified atom stereocenters. The molecule has 2 N–H and O–H groups in total. The van der Waals surface area contributed by atoms with Crippen molar-refractivity contribution in [2.45, 2.75) is 56.9 Å². The van der Waals surface area contributed by atoms with E-state index in [0.29, 0.717) is 19.5 Å². The summed E-state index contributed by atoms with van der Waals surface area (Å²) >= 11 is 0. The lowest BCUT2D eigenvalue weighted by atomic mass is 9.73. The summed E-state index contributed by atoms with van der Waals surface area (Å²) in [4.78, 5) is 39.4. The van der Waals surface area contributed by atoms with Gasteiger partial charge in [0.05, 0.1) is 17.7 Å². The summed E-state index contributed by atoms with van der Waals surface area (Å²) in [5, 5.41) is 5.41. The van der Waals surface area contributed by atoms with E-state index in [1.165, 1.54) is 29.6 Å². The molecule has 1 aliphatic carbocycles. The number of nitrogens with one attached hydrogen (secondary N) is 2. The molecule has 2 atom stereocenters. The van der Waals surface area contributed by atoms with Crippen molar-refractivity contribution in [3.8, 4) is 5.75 Å². The predicted octanol–water partition coefficient (Wildman–Crippen LogP) is 2.16. The maximum absolute atomic E-state index is 13.1. The summed E-state index contributed by atoms with van der Waals surface area (Å²) < 4.78 is 32.3. The van der Waals surface area contributed by atoms with Crippen molar-refractivity contribution in [1.29, 1.82) is 0 Å². The molecule has 10 nitrogen and oxygen atoms in total. The summed E-state index contributed by atoms with van der Waals surface area (Å²) in [6.07, 6.45) is 3.22. The van der Waals surface area contributed by atoms with Crippen LogP contribution in [0.1, 0.15) is 46.5 Å². The smallest absolute Gasteiger partial charge is 0.325 e. The van der Waals surface area contributed by atoms with Gasteiger partial charge in [0.15, 0.2) is 0 Å². The third-order valence-electron chi connectivity index (χ3n) is 6.59. The first-order valence-corrected chi connectivity index (χ1v) is 12.7. The molecule has 1 spiro atoms. The highest BCUT2D eigenvalue weighted by Gasteiger charge is 2.55. The number of methoxy groups -OCH3 is 1. The number of hydrogen-bond donors (Lipinski definition) is 2. The number of carbonyl (C=O) groups is 3. The second-order valence-electron chi connectivity index (χ2n) is 8.44. The van der Waals surface area contributed by atoms with Crippen molar-refractivity contribution in [1.82, 2.24) is 14.5 Å². The predicted molar refractivity (Wildman–Crippen MR) is 122 cm³/mol. The number of sulfonamides is 1. The Morgan fingerprint density at radius 2 is 1.97 bits per heavy atom. The van der Waals surface area contributed by atoms with Gasteiger partial charge in [0.2, 0.25) is 15.9 Å². The molecule has 33 heavy (non-hydrogen) atoms. The van der Waals surface area contributed by atoms with Crippen LogP contribution in [0.4, 0.5) is 10.5 Å². The van der Waals surface area contributed by atoms with Gasteiger partial charge in [-0.1, -0.05) is 33.6 Å². The van der Waals surface area contributed by atoms with Gasteiger partial charge < -0.3 is 15.4 Å². The zero-order chi connectivity index (χ0) is 24.4. The molecule has 2 fully saturated rings. The molecule has 2 aliphatic rings. The molecule has 0 aromatic heterocycles. The van der Waals surface area contributed by atoms with Crippen molar-refractivity contribution >= 4 is 33.6 Å². The first kappa shape index (κ1) is 25.0. The number of carbonyl (C=O) groups excluding carboxylic acids is 3. The molecular formula is C22H32N4O6S. The number of ether oxygens (including phenoxy) is 1. The molecule has 3 rings (SSSR count). The Kier molecular flexibility index (Phi) is 7.32. The molecule has 1 saturated heterocycles. The van der Waals surface area contributed by atoms with E-state index in [0.717, 1.165) is 24.2 Å². The molecular weight excluding hydrogens is 448 g/mol. The first-order chi connectivity index (χ1) is 15.6. The molecule has 1 aliphatic heterocycles. The van der Waals surface area contributed by atoms with Crippen molar-refractivity contribution in [3.05, 3.63) is 18.2 Å². The number of rotatable bonds is 8. The fourth-order valence-electron chi connectivity index (χ4n) is 4.63. The normalized spacial score (nSPS) is 23.2. The molecule has 1 aromatic rings. The monoisotopic (exact) mass is 480 g/mol. The highest BCUT2D eigenvalue weighted by Crippen LogP contribution is 2.38. The van der Waals surface area contributed by atoms with Crippen LogP contribution in [0.2, 0.25) is 0 Å². The Balaban J connectivity index is 1.80. The van der Waals surface area contributed by atoms with E-state index < -0.39 is 34.0 Å². The van der Waals surface area contributed by atoms with Crippen LogP contribution in [-0.2, 0) is 19.6 Å². The lowest BCUT2D eigenvalue weighted by Crippen LogP contribution is -2.54. The number of benzene rings is 1. The largest absolute Gasteiger partial charge is 0.495 e. The fourth-order valence-corrected chi connectivity index (χ4v) is 6.11. The first-order valence-electron chi connectivity index (χ1n) is 11.2. The van der Waals surface area contributed by atoms with Crippen molar-refractivity contribution in [2.24, 2.45) is 5.92 Å². The standard InChI is InChI=1S/C22H32N4O6S/c1-5-25(6-2)33(30,31)16-10-11-18(32-4)17(13-16)23-19(27)14-26-20(28)22(24-21(26)29)12-8-7-9-15(22)3/h10-11,13,15H,5-9,12,14H2,1-4H3,(H,23,27)(H,24,29). The topological polar surface area (TPSA) is 125 Å². The molecule has 4 amide bonds. The van der Waals surface area contributed by atoms with E-state index in [-0.39, 0.29) is 28.2 Å². The van der Waals surface area contributed by atoms with Gasteiger partial charge in [0.25, 0.3) is 5.91 Å². The molecule has 1 saturated carbocycles. The Labute approximate surface area is 194 Å². The maximum Gasteiger partial charge on any atom is 0.325 e. The van der Waals surface area contributed by atoms with Gasteiger partial charge in [-0.3, -0.25) is 14.5 Å². The van der Waals surface area contributed by atoms with E-state index in [1.54, 1.807) is 13.8 Å². The lowest BCUT2D eigenvalue weighted by molar-refractivity contribution is -0.136. The highest BCUT2D eigenvalue weighted by molar-refractivity contribution is 7.89. The molecule has 0 radical (unpaired) electrons. The van der Waals surface area contributed by atoms with Gasteiger partial charge in [-0.2, -0.15) is 4.31 Å². The number of hydrogen-bond acceptors (Lipinski definition) is 6. The van der Waals surface area contributed by atoms with Crippen LogP contribution in [0.15, 0.2) is 23.1 Å². The Bertz CT molecular complexity index is 1040. The zero-order valence-corrected chi connectivity index (χ0v) is 20.3. The SMILES string of the molecule is CCN(CC)S(=O)(=O)c1ccc(OC)c(NC(=O)CN2C(=O)NC3(CCCCC3C)C2=O)c1. The van der Waals surface area contributed by atoms with Crippen LogP contribution < -0.4 is 15.4 Å². The van der Waals surface area contributed by atoms with E-state index in [9.17, 15) is 22.8 Å². The summed E-state index contributed by atoms with van der Waals surface area (Å²) in [7, 11) is -2.35. The minimum absolute atomic E-state index is 0.00674. The average molecular weight is 481 g/mol. The number of nitrogens with zero attached hydrogens (tertiary/aromatic N) is 2. The second kappa shape index (κ2) is 9.68. The quantitative estimate of drug-likeness (QED) is 0.550. The van der Waals surface area contributed by atoms with Crippen LogP contribution in [-0.4, -0.2) is 67.8 Å². The van der Waals surface area contributed by atoms with Crippen molar-refractivity contribution in [2.75, 3.05) is 32.1 Å². The minimum atomic E-state index is -3.75. The summed E-state index contributed by atoms with van der Waals surface area (Å²) in [6, 6.07) is 3.60. The summed E-state index contributed by atoms with van der Waals surface area (Å²) in [5.74, 6) is -0.774. The van der Waals surface area contributed by atoms with Gasteiger partial charge in [0.1, 0.15) is 17.8 Å². The third kappa shape index (κ3) is 4.56. The average Bonchev–Trinajstić information content (AvgIpc) is 3.01. The molecule has 1 aromatic carbocycles. The highest BCUT2D eigenvalue weighted by atomic mass is 32.2. The molecule has 11 heteroatoms. The van der Waals surface area contributed by atoms with Crippen LogP contribution in [0, 0.1) is 5.92 Å². The second-order valence-corrected chi connectivity index (χ2v) is 10.4. The van der Waals surface area contributed by atoms with E-state index in [1.807, 2.05) is 6.92 Å². The maximum atomic E-state index is 13.1. The lowest BCUT2D eigenvalue weighted by Gasteiger charge is -2.36. The number of imide groups is 1. The minimum Gasteiger partial charge on any atom is -0.495 e. The zero-order valence-electron chi connectivity index (χ0n) is 19.5. The van der Waals surface area contributed by atoms with E-state index in [4.69, 9.17) is 4.74 Å². The van der Waals surface area contributed by atoms with Crippen LogP contribution >= 0.6 is 0 Å². The Hall–Kier alpha value is -2.66.